The maximum absolute atomic E-state index is 12.6. The van der Waals surface area contributed by atoms with Crippen LogP contribution in [0.3, 0.4) is 0 Å². The summed E-state index contributed by atoms with van der Waals surface area (Å²) in [4.78, 5) is 20.3. The Hall–Kier alpha value is -1.51. The molecule has 0 aromatic carbocycles. The zero-order chi connectivity index (χ0) is 18.6. The number of nitrogens with one attached hydrogen (secondary N) is 1. The van der Waals surface area contributed by atoms with E-state index in [-0.39, 0.29) is 17.9 Å². The van der Waals surface area contributed by atoms with Crippen LogP contribution in [0, 0.1) is 11.8 Å². The van der Waals surface area contributed by atoms with E-state index in [9.17, 15) is 13.2 Å². The number of rotatable bonds is 7. The van der Waals surface area contributed by atoms with E-state index in [0.29, 0.717) is 32.1 Å². The average Bonchev–Trinajstić information content (AvgIpc) is 2.90. The van der Waals surface area contributed by atoms with Crippen molar-refractivity contribution in [1.29, 1.82) is 0 Å². The standard InChI is InChI=1S/C17H28N4O3S/c1-13(2)15-10-21(11-16(15)19-25(4,23)24)17(22)12-20(3)9-14-5-7-18-8-6-14/h5-8,13,15-16,19H,9-12H2,1-4H3/t15-,16+/m1/s1. The highest BCUT2D eigenvalue weighted by molar-refractivity contribution is 7.88. The van der Waals surface area contributed by atoms with Crippen molar-refractivity contribution in [2.24, 2.45) is 11.8 Å². The highest BCUT2D eigenvalue weighted by atomic mass is 32.2. The third-order valence-electron chi connectivity index (χ3n) is 4.55. The summed E-state index contributed by atoms with van der Waals surface area (Å²) in [5, 5.41) is 0. The smallest absolute Gasteiger partial charge is 0.236 e. The van der Waals surface area contributed by atoms with Crippen LogP contribution in [0.4, 0.5) is 0 Å². The predicted molar refractivity (Wildman–Crippen MR) is 97.2 cm³/mol. The van der Waals surface area contributed by atoms with E-state index >= 15 is 0 Å². The Morgan fingerprint density at radius 3 is 2.56 bits per heavy atom. The number of carbonyl (C=O) groups is 1. The van der Waals surface area contributed by atoms with Gasteiger partial charge >= 0.3 is 0 Å². The lowest BCUT2D eigenvalue weighted by Crippen LogP contribution is -2.42. The maximum atomic E-state index is 12.6. The lowest BCUT2D eigenvalue weighted by atomic mass is 9.92. The molecular weight excluding hydrogens is 340 g/mol. The summed E-state index contributed by atoms with van der Waals surface area (Å²) in [6.45, 7) is 6.11. The number of carbonyl (C=O) groups excluding carboxylic acids is 1. The van der Waals surface area contributed by atoms with Crippen LogP contribution in [0.25, 0.3) is 0 Å². The molecule has 7 nitrogen and oxygen atoms in total. The molecule has 0 spiro atoms. The molecular formula is C17H28N4O3S. The van der Waals surface area contributed by atoms with Gasteiger partial charge in [-0.05, 0) is 36.6 Å². The summed E-state index contributed by atoms with van der Waals surface area (Å²) in [6, 6.07) is 3.64. The molecule has 1 amide bonds. The minimum Gasteiger partial charge on any atom is -0.340 e. The Morgan fingerprint density at radius 2 is 2.00 bits per heavy atom. The van der Waals surface area contributed by atoms with Gasteiger partial charge in [0.2, 0.25) is 15.9 Å². The quantitative estimate of drug-likeness (QED) is 0.760. The SMILES string of the molecule is CC(C)[C@H]1CN(C(=O)CN(C)Cc2ccncc2)C[C@@H]1NS(C)(=O)=O. The molecule has 1 N–H and O–H groups in total. The molecule has 1 saturated heterocycles. The number of likely N-dealkylation sites (tertiary alicyclic amines) is 1. The molecule has 0 radical (unpaired) electrons. The first-order valence-corrected chi connectivity index (χ1v) is 10.4. The number of hydrogen-bond donors (Lipinski definition) is 1. The van der Waals surface area contributed by atoms with Crippen molar-refractivity contribution in [2.75, 3.05) is 32.9 Å². The first kappa shape index (κ1) is 19.8. The van der Waals surface area contributed by atoms with Crippen molar-refractivity contribution in [2.45, 2.75) is 26.4 Å². The fraction of sp³-hybridized carbons (Fsp3) is 0.647. The van der Waals surface area contributed by atoms with Crippen LogP contribution >= 0.6 is 0 Å². The van der Waals surface area contributed by atoms with E-state index in [1.807, 2.05) is 24.1 Å². The van der Waals surface area contributed by atoms with Gasteiger partial charge in [-0.15, -0.1) is 0 Å². The Labute approximate surface area is 150 Å². The van der Waals surface area contributed by atoms with E-state index in [4.69, 9.17) is 0 Å². The van der Waals surface area contributed by atoms with Crippen molar-refractivity contribution >= 4 is 15.9 Å². The molecule has 2 atom stereocenters. The molecule has 1 aromatic heterocycles. The Balaban J connectivity index is 1.95. The van der Waals surface area contributed by atoms with Crippen molar-refractivity contribution in [3.05, 3.63) is 30.1 Å². The maximum Gasteiger partial charge on any atom is 0.236 e. The number of amides is 1. The lowest BCUT2D eigenvalue weighted by Gasteiger charge is -2.22. The van der Waals surface area contributed by atoms with Crippen molar-refractivity contribution < 1.29 is 13.2 Å². The van der Waals surface area contributed by atoms with Crippen LogP contribution < -0.4 is 4.72 Å². The fourth-order valence-corrected chi connectivity index (χ4v) is 4.09. The molecule has 140 valence electrons. The second-order valence-electron chi connectivity index (χ2n) is 7.23. The summed E-state index contributed by atoms with van der Waals surface area (Å²) in [6.07, 6.45) is 4.64. The molecule has 1 fully saturated rings. The van der Waals surface area contributed by atoms with Crippen molar-refractivity contribution in [3.8, 4) is 0 Å². The van der Waals surface area contributed by atoms with Gasteiger partial charge in [-0.25, -0.2) is 13.1 Å². The van der Waals surface area contributed by atoms with E-state index in [0.717, 1.165) is 11.8 Å². The zero-order valence-corrected chi connectivity index (χ0v) is 16.2. The monoisotopic (exact) mass is 368 g/mol. The molecule has 25 heavy (non-hydrogen) atoms. The van der Waals surface area contributed by atoms with Crippen molar-refractivity contribution in [1.82, 2.24) is 19.5 Å². The van der Waals surface area contributed by atoms with Gasteiger partial charge in [0.05, 0.1) is 12.8 Å². The molecule has 1 aliphatic rings. The normalized spacial score (nSPS) is 21.3. The summed E-state index contributed by atoms with van der Waals surface area (Å²) < 4.78 is 25.9. The molecule has 1 aliphatic heterocycles. The summed E-state index contributed by atoms with van der Waals surface area (Å²) >= 11 is 0. The molecule has 1 aromatic rings. The number of nitrogens with zero attached hydrogens (tertiary/aromatic N) is 3. The number of hydrogen-bond acceptors (Lipinski definition) is 5. The fourth-order valence-electron chi connectivity index (χ4n) is 3.29. The van der Waals surface area contributed by atoms with Crippen LogP contribution in [-0.2, 0) is 21.4 Å². The molecule has 0 unspecified atom stereocenters. The van der Waals surface area contributed by atoms with Crippen LogP contribution in [-0.4, -0.2) is 68.1 Å². The average molecular weight is 369 g/mol. The van der Waals surface area contributed by atoms with E-state index in [2.05, 4.69) is 23.6 Å². The Bertz CT molecular complexity index is 678. The first-order valence-electron chi connectivity index (χ1n) is 8.48. The van der Waals surface area contributed by atoms with Gasteiger partial charge in [0.15, 0.2) is 0 Å². The molecule has 0 saturated carbocycles. The van der Waals surface area contributed by atoms with E-state index in [1.54, 1.807) is 17.3 Å². The largest absolute Gasteiger partial charge is 0.340 e. The number of sulfonamides is 1. The number of aromatic nitrogens is 1. The predicted octanol–water partition coefficient (Wildman–Crippen LogP) is 0.546. The highest BCUT2D eigenvalue weighted by Gasteiger charge is 2.38. The summed E-state index contributed by atoms with van der Waals surface area (Å²) in [5.41, 5.74) is 1.10. The third kappa shape index (κ3) is 6.05. The van der Waals surface area contributed by atoms with Gasteiger partial charge in [-0.2, -0.15) is 0 Å². The Kier molecular flexibility index (Phi) is 6.53. The highest BCUT2D eigenvalue weighted by Crippen LogP contribution is 2.25. The molecule has 2 rings (SSSR count). The van der Waals surface area contributed by atoms with Crippen LogP contribution in [0.5, 0.6) is 0 Å². The minimum atomic E-state index is -3.29. The molecule has 2 heterocycles. The first-order chi connectivity index (χ1) is 11.7. The lowest BCUT2D eigenvalue weighted by molar-refractivity contribution is -0.131. The minimum absolute atomic E-state index is 0.0278. The molecule has 0 bridgehead atoms. The molecule has 8 heteroatoms. The number of pyridine rings is 1. The van der Waals surface area contributed by atoms with Crippen molar-refractivity contribution in [3.63, 3.8) is 0 Å². The second-order valence-corrected chi connectivity index (χ2v) is 9.01. The van der Waals surface area contributed by atoms with Gasteiger partial charge in [-0.3, -0.25) is 14.7 Å². The molecule has 0 aliphatic carbocycles. The van der Waals surface area contributed by atoms with E-state index in [1.165, 1.54) is 0 Å². The van der Waals surface area contributed by atoms with Crippen LogP contribution in [0.1, 0.15) is 19.4 Å². The van der Waals surface area contributed by atoms with Crippen LogP contribution in [0.15, 0.2) is 24.5 Å². The Morgan fingerprint density at radius 1 is 1.36 bits per heavy atom. The van der Waals surface area contributed by atoms with E-state index < -0.39 is 10.0 Å². The number of likely N-dealkylation sites (N-methyl/N-ethyl adjacent to an activating group) is 1. The third-order valence-corrected chi connectivity index (χ3v) is 5.28. The van der Waals surface area contributed by atoms with Crippen LogP contribution in [0.2, 0.25) is 0 Å². The van der Waals surface area contributed by atoms with Gasteiger partial charge in [0.1, 0.15) is 0 Å². The van der Waals surface area contributed by atoms with Gasteiger partial charge < -0.3 is 4.90 Å². The zero-order valence-electron chi connectivity index (χ0n) is 15.3. The van der Waals surface area contributed by atoms with Gasteiger partial charge in [0.25, 0.3) is 0 Å². The van der Waals surface area contributed by atoms with Gasteiger partial charge in [-0.1, -0.05) is 13.8 Å². The summed E-state index contributed by atoms with van der Waals surface area (Å²) in [5.74, 6) is 0.454. The topological polar surface area (TPSA) is 82.6 Å². The van der Waals surface area contributed by atoms with Gasteiger partial charge in [0, 0.05) is 38.1 Å². The summed E-state index contributed by atoms with van der Waals surface area (Å²) in [7, 11) is -1.39. The second kappa shape index (κ2) is 8.25.